The summed E-state index contributed by atoms with van der Waals surface area (Å²) >= 11 is 8.33. The van der Waals surface area contributed by atoms with Crippen LogP contribution in [0.1, 0.15) is 24.2 Å². The minimum absolute atomic E-state index is 0.0351. The number of ether oxygens (including phenoxy) is 2. The van der Waals surface area contributed by atoms with Crippen molar-refractivity contribution in [3.05, 3.63) is 58.6 Å². The Hall–Kier alpha value is -2.65. The molecule has 154 valence electrons. The summed E-state index contributed by atoms with van der Waals surface area (Å²) in [5.41, 5.74) is 5.23. The molecular formula is C20H22BrN3O4S. The van der Waals surface area contributed by atoms with Crippen molar-refractivity contribution in [2.45, 2.75) is 13.8 Å². The van der Waals surface area contributed by atoms with E-state index < -0.39 is 11.8 Å². The molecule has 0 aliphatic carbocycles. The van der Waals surface area contributed by atoms with Crippen molar-refractivity contribution in [3.63, 3.8) is 0 Å². The highest BCUT2D eigenvalue weighted by atomic mass is 79.9. The molecule has 2 rings (SSSR count). The first-order valence-corrected chi connectivity index (χ1v) is 10.0. The zero-order valence-corrected chi connectivity index (χ0v) is 18.4. The Bertz CT molecular complexity index is 842. The third-order valence-electron chi connectivity index (χ3n) is 3.43. The van der Waals surface area contributed by atoms with Gasteiger partial charge in [-0.05, 0) is 66.7 Å². The molecule has 2 aromatic carbocycles. The van der Waals surface area contributed by atoms with Crippen molar-refractivity contribution in [2.75, 3.05) is 13.2 Å². The quantitative estimate of drug-likeness (QED) is 0.417. The normalized spacial score (nSPS) is 10.2. The SMILES string of the molecule is CC(C)COc1ccc(C(=O)NC(=S)NNC(=O)COc2ccc(Br)cc2)cc1. The van der Waals surface area contributed by atoms with Crippen LogP contribution in [0.3, 0.4) is 0 Å². The molecule has 0 atom stereocenters. The number of carbonyl (C=O) groups is 2. The summed E-state index contributed by atoms with van der Waals surface area (Å²) < 4.78 is 11.8. The van der Waals surface area contributed by atoms with Gasteiger partial charge in [0.25, 0.3) is 11.8 Å². The Morgan fingerprint density at radius 3 is 2.17 bits per heavy atom. The molecule has 2 amide bonds. The molecule has 0 heterocycles. The van der Waals surface area contributed by atoms with E-state index in [-0.39, 0.29) is 11.7 Å². The first kappa shape index (κ1) is 22.6. The number of halogens is 1. The summed E-state index contributed by atoms with van der Waals surface area (Å²) in [6.07, 6.45) is 0. The number of rotatable bonds is 7. The minimum atomic E-state index is -0.448. The van der Waals surface area contributed by atoms with E-state index in [1.165, 1.54) is 0 Å². The first-order valence-electron chi connectivity index (χ1n) is 8.85. The van der Waals surface area contributed by atoms with Gasteiger partial charge in [-0.15, -0.1) is 0 Å². The largest absolute Gasteiger partial charge is 0.493 e. The van der Waals surface area contributed by atoms with E-state index in [1.54, 1.807) is 48.5 Å². The Labute approximate surface area is 183 Å². The second-order valence-corrected chi connectivity index (χ2v) is 7.75. The zero-order chi connectivity index (χ0) is 21.2. The summed E-state index contributed by atoms with van der Waals surface area (Å²) in [6, 6.07) is 13.8. The molecule has 0 aliphatic rings. The average molecular weight is 480 g/mol. The lowest BCUT2D eigenvalue weighted by atomic mass is 10.2. The maximum Gasteiger partial charge on any atom is 0.276 e. The van der Waals surface area contributed by atoms with E-state index in [0.29, 0.717) is 29.6 Å². The van der Waals surface area contributed by atoms with Crippen molar-refractivity contribution in [1.82, 2.24) is 16.2 Å². The van der Waals surface area contributed by atoms with Crippen LogP contribution in [0.4, 0.5) is 0 Å². The average Bonchev–Trinajstić information content (AvgIpc) is 2.70. The van der Waals surface area contributed by atoms with Crippen LogP contribution in [0, 0.1) is 5.92 Å². The molecule has 0 aliphatic heterocycles. The molecule has 9 heteroatoms. The molecule has 7 nitrogen and oxygen atoms in total. The van der Waals surface area contributed by atoms with Crippen molar-refractivity contribution in [1.29, 1.82) is 0 Å². The van der Waals surface area contributed by atoms with Crippen LogP contribution in [0.25, 0.3) is 0 Å². The first-order chi connectivity index (χ1) is 13.8. The molecule has 0 unspecified atom stereocenters. The second kappa shape index (κ2) is 11.4. The smallest absolute Gasteiger partial charge is 0.276 e. The topological polar surface area (TPSA) is 88.7 Å². The van der Waals surface area contributed by atoms with E-state index in [9.17, 15) is 9.59 Å². The Morgan fingerprint density at radius 1 is 0.966 bits per heavy atom. The summed E-state index contributed by atoms with van der Waals surface area (Å²) in [5.74, 6) is 0.806. The molecule has 0 saturated carbocycles. The van der Waals surface area contributed by atoms with Crippen LogP contribution in [0.15, 0.2) is 53.0 Å². The lowest BCUT2D eigenvalue weighted by Crippen LogP contribution is -2.49. The highest BCUT2D eigenvalue weighted by Gasteiger charge is 2.09. The fourth-order valence-corrected chi connectivity index (χ4v) is 2.42. The molecule has 0 radical (unpaired) electrons. The standard InChI is InChI=1S/C20H22BrN3O4S/c1-13(2)11-27-16-7-3-14(4-8-16)19(26)22-20(29)24-23-18(25)12-28-17-9-5-15(21)6-10-17/h3-10,13H,11-12H2,1-2H3,(H,23,25)(H2,22,24,26,29). The van der Waals surface area contributed by atoms with E-state index in [4.69, 9.17) is 21.7 Å². The number of hydrazine groups is 1. The third kappa shape index (κ3) is 8.49. The molecule has 0 spiro atoms. The zero-order valence-electron chi connectivity index (χ0n) is 16.0. The number of amides is 2. The number of hydrogen-bond acceptors (Lipinski definition) is 5. The van der Waals surface area contributed by atoms with Gasteiger partial charge >= 0.3 is 0 Å². The monoisotopic (exact) mass is 479 g/mol. The molecule has 0 aromatic heterocycles. The predicted octanol–water partition coefficient (Wildman–Crippen LogP) is 3.20. The van der Waals surface area contributed by atoms with Gasteiger partial charge in [0.05, 0.1) is 6.61 Å². The molecule has 29 heavy (non-hydrogen) atoms. The minimum Gasteiger partial charge on any atom is -0.493 e. The second-order valence-electron chi connectivity index (χ2n) is 6.43. The van der Waals surface area contributed by atoms with Gasteiger partial charge in [-0.1, -0.05) is 29.8 Å². The van der Waals surface area contributed by atoms with Crippen molar-refractivity contribution in [3.8, 4) is 11.5 Å². The number of carbonyl (C=O) groups excluding carboxylic acids is 2. The number of benzene rings is 2. The van der Waals surface area contributed by atoms with Crippen molar-refractivity contribution < 1.29 is 19.1 Å². The molecule has 0 saturated heterocycles. The highest BCUT2D eigenvalue weighted by molar-refractivity contribution is 9.10. The number of thiocarbonyl (C=S) groups is 1. The Kier molecular flexibility index (Phi) is 8.88. The predicted molar refractivity (Wildman–Crippen MR) is 118 cm³/mol. The summed E-state index contributed by atoms with van der Waals surface area (Å²) in [5, 5.41) is 2.45. The van der Waals surface area contributed by atoms with Crippen LogP contribution in [-0.4, -0.2) is 30.1 Å². The fraction of sp³-hybridized carbons (Fsp3) is 0.250. The Balaban J connectivity index is 1.71. The molecule has 3 N–H and O–H groups in total. The summed E-state index contributed by atoms with van der Waals surface area (Å²) in [6.45, 7) is 4.51. The van der Waals surface area contributed by atoms with Crippen LogP contribution in [0.5, 0.6) is 11.5 Å². The molecule has 2 aromatic rings. The van der Waals surface area contributed by atoms with Crippen molar-refractivity contribution >= 4 is 45.1 Å². The van der Waals surface area contributed by atoms with E-state index in [1.807, 2.05) is 0 Å². The molecule has 0 fully saturated rings. The highest BCUT2D eigenvalue weighted by Crippen LogP contribution is 2.16. The van der Waals surface area contributed by atoms with Gasteiger partial charge in [0.2, 0.25) is 0 Å². The fourth-order valence-electron chi connectivity index (χ4n) is 2.01. The van der Waals surface area contributed by atoms with Gasteiger partial charge < -0.3 is 9.47 Å². The van der Waals surface area contributed by atoms with Gasteiger partial charge in [0.15, 0.2) is 11.7 Å². The van der Waals surface area contributed by atoms with Crippen LogP contribution < -0.4 is 25.6 Å². The van der Waals surface area contributed by atoms with Gasteiger partial charge in [0, 0.05) is 10.0 Å². The van der Waals surface area contributed by atoms with E-state index in [2.05, 4.69) is 45.9 Å². The van der Waals surface area contributed by atoms with Gasteiger partial charge in [-0.25, -0.2) is 0 Å². The lowest BCUT2D eigenvalue weighted by molar-refractivity contribution is -0.123. The summed E-state index contributed by atoms with van der Waals surface area (Å²) in [4.78, 5) is 24.0. The van der Waals surface area contributed by atoms with E-state index >= 15 is 0 Å². The maximum atomic E-state index is 12.2. The van der Waals surface area contributed by atoms with Crippen LogP contribution in [0.2, 0.25) is 0 Å². The molecular weight excluding hydrogens is 458 g/mol. The maximum absolute atomic E-state index is 12.2. The van der Waals surface area contributed by atoms with Gasteiger partial charge in [-0.2, -0.15) is 0 Å². The third-order valence-corrected chi connectivity index (χ3v) is 4.16. The van der Waals surface area contributed by atoms with E-state index in [0.717, 1.165) is 4.47 Å². The van der Waals surface area contributed by atoms with Gasteiger partial charge in [-0.3, -0.25) is 25.8 Å². The summed E-state index contributed by atoms with van der Waals surface area (Å²) in [7, 11) is 0. The number of nitrogens with one attached hydrogen (secondary N) is 3. The van der Waals surface area contributed by atoms with Crippen molar-refractivity contribution in [2.24, 2.45) is 5.92 Å². The van der Waals surface area contributed by atoms with Crippen LogP contribution >= 0.6 is 28.1 Å². The number of hydrogen-bond donors (Lipinski definition) is 3. The Morgan fingerprint density at radius 2 is 1.55 bits per heavy atom. The van der Waals surface area contributed by atoms with Gasteiger partial charge in [0.1, 0.15) is 11.5 Å². The lowest BCUT2D eigenvalue weighted by Gasteiger charge is -2.12. The molecule has 0 bridgehead atoms. The van der Waals surface area contributed by atoms with Crippen LogP contribution in [-0.2, 0) is 4.79 Å².